The summed E-state index contributed by atoms with van der Waals surface area (Å²) in [6.45, 7) is 4.96. The highest BCUT2D eigenvalue weighted by Crippen LogP contribution is 2.23. The molecule has 1 aliphatic heterocycles. The predicted molar refractivity (Wildman–Crippen MR) is 85.6 cm³/mol. The van der Waals surface area contributed by atoms with Gasteiger partial charge < -0.3 is 10.0 Å². The Morgan fingerprint density at radius 2 is 1.82 bits per heavy atom. The first-order valence-corrected chi connectivity index (χ1v) is 8.09. The first-order valence-electron chi connectivity index (χ1n) is 8.09. The number of rotatable bonds is 6. The van der Waals surface area contributed by atoms with Crippen molar-refractivity contribution in [3.8, 4) is 0 Å². The minimum Gasteiger partial charge on any atom is -0.481 e. The zero-order chi connectivity index (χ0) is 16.1. The fourth-order valence-electron chi connectivity index (χ4n) is 2.98. The number of unbranched alkanes of at least 4 members (excludes halogenated alkanes) is 1. The van der Waals surface area contributed by atoms with Gasteiger partial charge in [0.1, 0.15) is 0 Å². The highest BCUT2D eigenvalue weighted by atomic mass is 16.4. The molecule has 0 unspecified atom stereocenters. The maximum absolute atomic E-state index is 12.3. The number of aryl methyl sites for hydroxylation is 1. The third-order valence-corrected chi connectivity index (χ3v) is 4.48. The lowest BCUT2D eigenvalue weighted by molar-refractivity contribution is -0.142. The molecule has 0 aromatic heterocycles. The summed E-state index contributed by atoms with van der Waals surface area (Å²) in [6.07, 6.45) is 3.79. The minimum absolute atomic E-state index is 0.0249. The van der Waals surface area contributed by atoms with Crippen LogP contribution in [0.4, 0.5) is 0 Å². The average molecular weight is 303 g/mol. The molecule has 2 rings (SSSR count). The normalized spacial score (nSPS) is 21.1. The van der Waals surface area contributed by atoms with E-state index >= 15 is 0 Å². The smallest absolute Gasteiger partial charge is 0.308 e. The van der Waals surface area contributed by atoms with Crippen LogP contribution in [0.1, 0.15) is 37.8 Å². The van der Waals surface area contributed by atoms with Gasteiger partial charge in [-0.15, -0.1) is 0 Å². The maximum atomic E-state index is 12.3. The second-order valence-electron chi connectivity index (χ2n) is 6.32. The molecule has 1 N–H and O–H groups in total. The van der Waals surface area contributed by atoms with Crippen LogP contribution in [-0.4, -0.2) is 35.0 Å². The van der Waals surface area contributed by atoms with Crippen LogP contribution in [-0.2, 0) is 22.4 Å². The Balaban J connectivity index is 1.91. The first kappa shape index (κ1) is 16.5. The van der Waals surface area contributed by atoms with E-state index in [9.17, 15) is 9.59 Å². The molecule has 0 saturated carbocycles. The molecule has 0 spiro atoms. The molecule has 1 aliphatic rings. The Bertz CT molecular complexity index is 524. The van der Waals surface area contributed by atoms with Crippen LogP contribution in [0.15, 0.2) is 24.3 Å². The number of hydrogen-bond donors (Lipinski definition) is 1. The number of carboxylic acid groups (broad SMARTS) is 1. The van der Waals surface area contributed by atoms with Crippen molar-refractivity contribution in [2.75, 3.05) is 13.1 Å². The van der Waals surface area contributed by atoms with Crippen LogP contribution in [0.5, 0.6) is 0 Å². The number of amides is 1. The fraction of sp³-hybridized carbons (Fsp3) is 0.556. The Labute approximate surface area is 132 Å². The quantitative estimate of drug-likeness (QED) is 0.879. The first-order chi connectivity index (χ1) is 10.5. The average Bonchev–Trinajstić information content (AvgIpc) is 2.89. The van der Waals surface area contributed by atoms with Gasteiger partial charge in [-0.05, 0) is 29.9 Å². The SMILES string of the molecule is CCCCc1ccc(CC(=O)N2C[C@@H](C)[C@H](C(=O)O)C2)cc1. The molecular weight excluding hydrogens is 278 g/mol. The molecule has 2 atom stereocenters. The van der Waals surface area contributed by atoms with Crippen LogP contribution in [0.2, 0.25) is 0 Å². The fourth-order valence-corrected chi connectivity index (χ4v) is 2.98. The van der Waals surface area contributed by atoms with E-state index in [1.807, 2.05) is 19.1 Å². The number of carbonyl (C=O) groups is 2. The van der Waals surface area contributed by atoms with Crippen LogP contribution in [0, 0.1) is 11.8 Å². The van der Waals surface area contributed by atoms with Gasteiger partial charge in [0.2, 0.25) is 5.91 Å². The topological polar surface area (TPSA) is 57.6 Å². The van der Waals surface area contributed by atoms with Crippen molar-refractivity contribution in [3.63, 3.8) is 0 Å². The minimum atomic E-state index is -0.803. The Hall–Kier alpha value is -1.84. The summed E-state index contributed by atoms with van der Waals surface area (Å²) in [5.74, 6) is -1.18. The summed E-state index contributed by atoms with van der Waals surface area (Å²) >= 11 is 0. The third-order valence-electron chi connectivity index (χ3n) is 4.48. The molecule has 1 fully saturated rings. The second-order valence-corrected chi connectivity index (χ2v) is 6.32. The van der Waals surface area contributed by atoms with E-state index in [4.69, 9.17) is 5.11 Å². The molecule has 1 aromatic carbocycles. The molecule has 1 saturated heterocycles. The van der Waals surface area contributed by atoms with Crippen molar-refractivity contribution in [1.82, 2.24) is 4.90 Å². The van der Waals surface area contributed by atoms with Crippen LogP contribution in [0.3, 0.4) is 0 Å². The number of likely N-dealkylation sites (tertiary alicyclic amines) is 1. The summed E-state index contributed by atoms with van der Waals surface area (Å²) in [4.78, 5) is 25.1. The molecule has 4 heteroatoms. The molecule has 1 amide bonds. The van der Waals surface area contributed by atoms with Gasteiger partial charge in [0.15, 0.2) is 0 Å². The van der Waals surface area contributed by atoms with Gasteiger partial charge in [-0.2, -0.15) is 0 Å². The largest absolute Gasteiger partial charge is 0.481 e. The van der Waals surface area contributed by atoms with Gasteiger partial charge in [-0.3, -0.25) is 9.59 Å². The molecular formula is C18H25NO3. The molecule has 1 aromatic rings. The predicted octanol–water partition coefficient (Wildman–Crippen LogP) is 2.75. The number of aliphatic carboxylic acids is 1. The van der Waals surface area contributed by atoms with Gasteiger partial charge in [0.05, 0.1) is 12.3 Å². The van der Waals surface area contributed by atoms with Crippen molar-refractivity contribution in [2.24, 2.45) is 11.8 Å². The molecule has 0 bridgehead atoms. The molecule has 0 radical (unpaired) electrons. The number of nitrogens with zero attached hydrogens (tertiary/aromatic N) is 1. The highest BCUT2D eigenvalue weighted by Gasteiger charge is 2.36. The monoisotopic (exact) mass is 303 g/mol. The van der Waals surface area contributed by atoms with Crippen LogP contribution in [0.25, 0.3) is 0 Å². The Kier molecular flexibility index (Phi) is 5.58. The summed E-state index contributed by atoms with van der Waals surface area (Å²) < 4.78 is 0. The molecule has 4 nitrogen and oxygen atoms in total. The zero-order valence-corrected chi connectivity index (χ0v) is 13.4. The standard InChI is InChI=1S/C18H25NO3/c1-3-4-5-14-6-8-15(9-7-14)10-17(20)19-11-13(2)16(12-19)18(21)22/h6-9,13,16H,3-5,10-12H2,1-2H3,(H,21,22)/t13-,16-/m1/s1. The lowest BCUT2D eigenvalue weighted by atomic mass is 9.99. The van der Waals surface area contributed by atoms with E-state index in [-0.39, 0.29) is 11.8 Å². The number of benzene rings is 1. The van der Waals surface area contributed by atoms with E-state index in [1.54, 1.807) is 4.90 Å². The lowest BCUT2D eigenvalue weighted by Gasteiger charge is -2.16. The van der Waals surface area contributed by atoms with Crippen molar-refractivity contribution >= 4 is 11.9 Å². The van der Waals surface area contributed by atoms with Crippen molar-refractivity contribution in [3.05, 3.63) is 35.4 Å². The highest BCUT2D eigenvalue weighted by molar-refractivity contribution is 5.80. The van der Waals surface area contributed by atoms with E-state index in [2.05, 4.69) is 19.1 Å². The van der Waals surface area contributed by atoms with E-state index in [1.165, 1.54) is 18.4 Å². The number of carbonyl (C=O) groups excluding carboxylic acids is 1. The Morgan fingerprint density at radius 3 is 2.36 bits per heavy atom. The van der Waals surface area contributed by atoms with Crippen LogP contribution < -0.4 is 0 Å². The lowest BCUT2D eigenvalue weighted by Crippen LogP contribution is -2.31. The van der Waals surface area contributed by atoms with Gasteiger partial charge in [0, 0.05) is 13.1 Å². The zero-order valence-electron chi connectivity index (χ0n) is 13.4. The van der Waals surface area contributed by atoms with Gasteiger partial charge in [-0.25, -0.2) is 0 Å². The maximum Gasteiger partial charge on any atom is 0.308 e. The number of carboxylic acids is 1. The van der Waals surface area contributed by atoms with Crippen LogP contribution >= 0.6 is 0 Å². The summed E-state index contributed by atoms with van der Waals surface area (Å²) in [5.41, 5.74) is 2.30. The van der Waals surface area contributed by atoms with Crippen molar-refractivity contribution in [2.45, 2.75) is 39.5 Å². The van der Waals surface area contributed by atoms with Crippen molar-refractivity contribution in [1.29, 1.82) is 0 Å². The van der Waals surface area contributed by atoms with E-state index < -0.39 is 11.9 Å². The summed E-state index contributed by atoms with van der Waals surface area (Å²) in [5, 5.41) is 9.14. The molecule has 22 heavy (non-hydrogen) atoms. The Morgan fingerprint density at radius 1 is 1.18 bits per heavy atom. The van der Waals surface area contributed by atoms with Gasteiger partial charge in [0.25, 0.3) is 0 Å². The van der Waals surface area contributed by atoms with Gasteiger partial charge >= 0.3 is 5.97 Å². The van der Waals surface area contributed by atoms with Crippen molar-refractivity contribution < 1.29 is 14.7 Å². The van der Waals surface area contributed by atoms with E-state index in [0.717, 1.165) is 12.0 Å². The molecule has 120 valence electrons. The third kappa shape index (κ3) is 4.09. The van der Waals surface area contributed by atoms with E-state index in [0.29, 0.717) is 19.5 Å². The second kappa shape index (κ2) is 7.43. The molecule has 1 heterocycles. The number of hydrogen-bond acceptors (Lipinski definition) is 2. The molecule has 0 aliphatic carbocycles. The summed E-state index contributed by atoms with van der Waals surface area (Å²) in [6, 6.07) is 8.20. The van der Waals surface area contributed by atoms with Gasteiger partial charge in [-0.1, -0.05) is 44.5 Å². The summed E-state index contributed by atoms with van der Waals surface area (Å²) in [7, 11) is 0.